The Bertz CT molecular complexity index is 515. The van der Waals surface area contributed by atoms with Gasteiger partial charge in [0, 0.05) is 13.1 Å². The third kappa shape index (κ3) is 3.92. The van der Waals surface area contributed by atoms with Crippen LogP contribution < -0.4 is 5.32 Å². The van der Waals surface area contributed by atoms with Gasteiger partial charge in [-0.1, -0.05) is 13.8 Å². The van der Waals surface area contributed by atoms with Crippen LogP contribution in [0.15, 0.2) is 18.3 Å². The third-order valence-corrected chi connectivity index (χ3v) is 3.46. The van der Waals surface area contributed by atoms with E-state index in [9.17, 15) is 4.79 Å². The van der Waals surface area contributed by atoms with Crippen LogP contribution in [-0.4, -0.2) is 48.1 Å². The summed E-state index contributed by atoms with van der Waals surface area (Å²) < 4.78 is 5.28. The molecule has 0 unspecified atom stereocenters. The van der Waals surface area contributed by atoms with Crippen molar-refractivity contribution in [1.29, 1.82) is 5.26 Å². The van der Waals surface area contributed by atoms with E-state index >= 15 is 0 Å². The monoisotopic (exact) mass is 288 g/mol. The van der Waals surface area contributed by atoms with Crippen molar-refractivity contribution in [3.8, 4) is 6.07 Å². The van der Waals surface area contributed by atoms with E-state index in [1.165, 1.54) is 0 Å². The largest absolute Gasteiger partial charge is 0.378 e. The van der Waals surface area contributed by atoms with Crippen molar-refractivity contribution in [1.82, 2.24) is 9.88 Å². The maximum Gasteiger partial charge on any atom is 0.245 e. The van der Waals surface area contributed by atoms with Gasteiger partial charge in [0.05, 0.1) is 25.1 Å². The summed E-state index contributed by atoms with van der Waals surface area (Å²) in [5, 5.41) is 12.0. The molecule has 0 aliphatic carbocycles. The van der Waals surface area contributed by atoms with Gasteiger partial charge < -0.3 is 15.0 Å². The van der Waals surface area contributed by atoms with Gasteiger partial charge in [0.2, 0.25) is 5.91 Å². The summed E-state index contributed by atoms with van der Waals surface area (Å²) >= 11 is 0. The Hall–Kier alpha value is -2.13. The number of hydrogen-bond donors (Lipinski definition) is 1. The summed E-state index contributed by atoms with van der Waals surface area (Å²) in [5.41, 5.74) is 1.11. The van der Waals surface area contributed by atoms with E-state index in [1.807, 2.05) is 24.8 Å². The summed E-state index contributed by atoms with van der Waals surface area (Å²) in [5.74, 6) is 0.230. The second kappa shape index (κ2) is 7.04. The molecule has 1 aliphatic rings. The molecule has 1 aromatic heterocycles. The van der Waals surface area contributed by atoms with Crippen molar-refractivity contribution in [3.63, 3.8) is 0 Å². The molecule has 1 aromatic rings. The fraction of sp³-hybridized carbons (Fsp3) is 0.533. The standard InChI is InChI=1S/C15H20N4O2/c1-11(2)14(15(20)19-5-7-21-8-6-19)18-13-4-3-12(9-16)17-10-13/h3-4,10-11,14,18H,5-8H2,1-2H3/t14-/m0/s1. The molecule has 0 spiro atoms. The number of morpholine rings is 1. The number of rotatable bonds is 4. The number of nitrogens with one attached hydrogen (secondary N) is 1. The number of ether oxygens (including phenoxy) is 1. The predicted molar refractivity (Wildman–Crippen MR) is 78.6 cm³/mol. The van der Waals surface area contributed by atoms with Gasteiger partial charge in [0.25, 0.3) is 0 Å². The lowest BCUT2D eigenvalue weighted by molar-refractivity contribution is -0.137. The number of nitriles is 1. The molecule has 2 heterocycles. The molecule has 112 valence electrons. The molecule has 6 heteroatoms. The van der Waals surface area contributed by atoms with Gasteiger partial charge in [-0.2, -0.15) is 5.26 Å². The molecule has 0 aromatic carbocycles. The van der Waals surface area contributed by atoms with Crippen molar-refractivity contribution in [2.75, 3.05) is 31.6 Å². The molecule has 0 saturated carbocycles. The topological polar surface area (TPSA) is 78.2 Å². The highest BCUT2D eigenvalue weighted by atomic mass is 16.5. The second-order valence-electron chi connectivity index (χ2n) is 5.35. The molecule has 21 heavy (non-hydrogen) atoms. The fourth-order valence-electron chi connectivity index (χ4n) is 2.22. The SMILES string of the molecule is CC(C)[C@H](Nc1ccc(C#N)nc1)C(=O)N1CCOCC1. The number of amides is 1. The smallest absolute Gasteiger partial charge is 0.245 e. The average molecular weight is 288 g/mol. The lowest BCUT2D eigenvalue weighted by Gasteiger charge is -2.32. The molecule has 1 aliphatic heterocycles. The molecule has 1 saturated heterocycles. The molecule has 1 amide bonds. The van der Waals surface area contributed by atoms with Crippen LogP contribution in [0.2, 0.25) is 0 Å². The van der Waals surface area contributed by atoms with Crippen molar-refractivity contribution in [2.45, 2.75) is 19.9 Å². The summed E-state index contributed by atoms with van der Waals surface area (Å²) in [6, 6.07) is 5.08. The predicted octanol–water partition coefficient (Wildman–Crippen LogP) is 1.25. The van der Waals surface area contributed by atoms with Gasteiger partial charge in [0.15, 0.2) is 0 Å². The second-order valence-corrected chi connectivity index (χ2v) is 5.35. The van der Waals surface area contributed by atoms with Crippen molar-refractivity contribution >= 4 is 11.6 Å². The lowest BCUT2D eigenvalue weighted by Crippen LogP contribution is -2.49. The Kier molecular flexibility index (Phi) is 5.12. The van der Waals surface area contributed by atoms with E-state index in [0.29, 0.717) is 32.0 Å². The van der Waals surface area contributed by atoms with E-state index in [1.54, 1.807) is 18.3 Å². The van der Waals surface area contributed by atoms with Crippen LogP contribution in [-0.2, 0) is 9.53 Å². The first-order valence-corrected chi connectivity index (χ1v) is 7.11. The molecule has 0 radical (unpaired) electrons. The van der Waals surface area contributed by atoms with Gasteiger partial charge in [-0.15, -0.1) is 0 Å². The minimum atomic E-state index is -0.308. The minimum absolute atomic E-state index is 0.0812. The zero-order chi connectivity index (χ0) is 15.2. The van der Waals surface area contributed by atoms with Crippen LogP contribution in [0, 0.1) is 17.2 Å². The summed E-state index contributed by atoms with van der Waals surface area (Å²) in [6.07, 6.45) is 1.58. The zero-order valence-corrected chi connectivity index (χ0v) is 12.4. The maximum absolute atomic E-state index is 12.6. The van der Waals surface area contributed by atoms with Gasteiger partial charge >= 0.3 is 0 Å². The summed E-state index contributed by atoms with van der Waals surface area (Å²) in [7, 11) is 0. The Morgan fingerprint density at radius 2 is 2.14 bits per heavy atom. The van der Waals surface area contributed by atoms with Crippen LogP contribution >= 0.6 is 0 Å². The Morgan fingerprint density at radius 1 is 1.43 bits per heavy atom. The van der Waals surface area contributed by atoms with Gasteiger partial charge in [0.1, 0.15) is 17.8 Å². The molecule has 1 fully saturated rings. The summed E-state index contributed by atoms with van der Waals surface area (Å²) in [6.45, 7) is 6.47. The molecular weight excluding hydrogens is 268 g/mol. The van der Waals surface area contributed by atoms with E-state index < -0.39 is 0 Å². The van der Waals surface area contributed by atoms with E-state index in [-0.39, 0.29) is 17.9 Å². The molecule has 1 N–H and O–H groups in total. The number of hydrogen-bond acceptors (Lipinski definition) is 5. The van der Waals surface area contributed by atoms with Crippen molar-refractivity contribution in [3.05, 3.63) is 24.0 Å². The zero-order valence-electron chi connectivity index (χ0n) is 12.4. The molecule has 0 bridgehead atoms. The lowest BCUT2D eigenvalue weighted by atomic mass is 10.0. The van der Waals surface area contributed by atoms with Crippen LogP contribution in [0.25, 0.3) is 0 Å². The van der Waals surface area contributed by atoms with E-state index in [0.717, 1.165) is 5.69 Å². The minimum Gasteiger partial charge on any atom is -0.378 e. The first-order chi connectivity index (χ1) is 10.1. The average Bonchev–Trinajstić information content (AvgIpc) is 2.53. The number of carbonyl (C=O) groups excluding carboxylic acids is 1. The number of anilines is 1. The van der Waals surface area contributed by atoms with Gasteiger partial charge in [-0.3, -0.25) is 4.79 Å². The quantitative estimate of drug-likeness (QED) is 0.902. The van der Waals surface area contributed by atoms with E-state index in [4.69, 9.17) is 10.00 Å². The Balaban J connectivity index is 2.07. The number of carbonyl (C=O) groups is 1. The van der Waals surface area contributed by atoms with Crippen molar-refractivity contribution < 1.29 is 9.53 Å². The summed E-state index contributed by atoms with van der Waals surface area (Å²) in [4.78, 5) is 18.4. The molecule has 1 atom stereocenters. The first-order valence-electron chi connectivity index (χ1n) is 7.11. The molecule has 6 nitrogen and oxygen atoms in total. The first kappa shape index (κ1) is 15.3. The van der Waals surface area contributed by atoms with Gasteiger partial charge in [-0.05, 0) is 18.1 Å². The Morgan fingerprint density at radius 3 is 2.67 bits per heavy atom. The van der Waals surface area contributed by atoms with E-state index in [2.05, 4.69) is 10.3 Å². The number of nitrogens with zero attached hydrogens (tertiary/aromatic N) is 3. The maximum atomic E-state index is 12.6. The van der Waals surface area contributed by atoms with Crippen LogP contribution in [0.3, 0.4) is 0 Å². The molecular formula is C15H20N4O2. The number of aromatic nitrogens is 1. The number of pyridine rings is 1. The normalized spacial score (nSPS) is 16.4. The highest BCUT2D eigenvalue weighted by molar-refractivity contribution is 5.85. The van der Waals surface area contributed by atoms with Gasteiger partial charge in [-0.25, -0.2) is 4.98 Å². The van der Waals surface area contributed by atoms with Crippen molar-refractivity contribution in [2.24, 2.45) is 5.92 Å². The van der Waals surface area contributed by atoms with Crippen LogP contribution in [0.5, 0.6) is 0 Å². The fourth-order valence-corrected chi connectivity index (χ4v) is 2.22. The molecule has 2 rings (SSSR count). The highest BCUT2D eigenvalue weighted by Crippen LogP contribution is 2.15. The Labute approximate surface area is 124 Å². The third-order valence-electron chi connectivity index (χ3n) is 3.46. The van der Waals surface area contributed by atoms with Crippen LogP contribution in [0.4, 0.5) is 5.69 Å². The van der Waals surface area contributed by atoms with Crippen LogP contribution in [0.1, 0.15) is 19.5 Å². The highest BCUT2D eigenvalue weighted by Gasteiger charge is 2.28.